The van der Waals surface area contributed by atoms with Gasteiger partial charge in [0.2, 0.25) is 0 Å². The molecule has 1 rings (SSSR count). The maximum atomic E-state index is 9.74. The molecule has 1 N–H and O–H groups in total. The van der Waals surface area contributed by atoms with Crippen LogP contribution in [0.2, 0.25) is 0 Å². The summed E-state index contributed by atoms with van der Waals surface area (Å²) in [6.07, 6.45) is 1.48. The molecule has 0 aromatic carbocycles. The van der Waals surface area contributed by atoms with E-state index < -0.39 is 0 Å². The van der Waals surface area contributed by atoms with Crippen molar-refractivity contribution in [2.75, 3.05) is 11.5 Å². The average molecular weight is 295 g/mol. The van der Waals surface area contributed by atoms with Crippen molar-refractivity contribution < 1.29 is 5.11 Å². The maximum Gasteiger partial charge on any atom is 0.0596 e. The van der Waals surface area contributed by atoms with Crippen LogP contribution in [0.4, 0.5) is 0 Å². The summed E-state index contributed by atoms with van der Waals surface area (Å²) in [6, 6.07) is 2.04. The number of hydrogen-bond acceptors (Lipinski definition) is 3. The van der Waals surface area contributed by atoms with E-state index in [2.05, 4.69) is 22.9 Å². The minimum absolute atomic E-state index is 0.191. The van der Waals surface area contributed by atoms with Gasteiger partial charge in [-0.3, -0.25) is 0 Å². The molecule has 0 aliphatic rings. The van der Waals surface area contributed by atoms with Crippen LogP contribution in [-0.2, 0) is 6.42 Å². The van der Waals surface area contributed by atoms with Gasteiger partial charge in [-0.25, -0.2) is 0 Å². The summed E-state index contributed by atoms with van der Waals surface area (Å²) in [6.45, 7) is 2.15. The molecule has 0 saturated heterocycles. The Morgan fingerprint density at radius 2 is 2.43 bits per heavy atom. The molecule has 1 nitrogen and oxygen atoms in total. The van der Waals surface area contributed by atoms with Crippen molar-refractivity contribution in [2.45, 2.75) is 25.9 Å². The third-order valence-corrected chi connectivity index (χ3v) is 4.79. The van der Waals surface area contributed by atoms with E-state index in [4.69, 9.17) is 0 Å². The maximum absolute atomic E-state index is 9.74. The lowest BCUT2D eigenvalue weighted by Crippen LogP contribution is -2.10. The number of rotatable bonds is 6. The van der Waals surface area contributed by atoms with Gasteiger partial charge in [0.15, 0.2) is 0 Å². The normalized spacial score (nSPS) is 13.1. The zero-order chi connectivity index (χ0) is 10.4. The third kappa shape index (κ3) is 4.34. The Morgan fingerprint density at radius 1 is 1.64 bits per heavy atom. The first-order valence-corrected chi connectivity index (χ1v) is 7.54. The molecule has 1 atom stereocenters. The number of thiophene rings is 1. The summed E-state index contributed by atoms with van der Waals surface area (Å²) < 4.78 is 1.13. The van der Waals surface area contributed by atoms with Crippen molar-refractivity contribution in [1.82, 2.24) is 0 Å². The Kier molecular flexibility index (Phi) is 6.17. The summed E-state index contributed by atoms with van der Waals surface area (Å²) in [5.41, 5.74) is 0. The molecule has 0 radical (unpaired) electrons. The standard InChI is InChI=1S/C10H15BrOS2/c1-2-13-5-3-8(12)7-10-9(11)4-6-14-10/h4,6,8,12H,2-3,5,7H2,1H3. The molecule has 1 unspecified atom stereocenters. The molecule has 14 heavy (non-hydrogen) atoms. The molecule has 0 spiro atoms. The fraction of sp³-hybridized carbons (Fsp3) is 0.600. The monoisotopic (exact) mass is 294 g/mol. The summed E-state index contributed by atoms with van der Waals surface area (Å²) in [7, 11) is 0. The van der Waals surface area contributed by atoms with Gasteiger partial charge in [0.25, 0.3) is 0 Å². The van der Waals surface area contributed by atoms with E-state index in [9.17, 15) is 5.11 Å². The van der Waals surface area contributed by atoms with Crippen LogP contribution in [0.25, 0.3) is 0 Å². The van der Waals surface area contributed by atoms with E-state index in [0.29, 0.717) is 0 Å². The lowest BCUT2D eigenvalue weighted by atomic mass is 10.2. The zero-order valence-electron chi connectivity index (χ0n) is 8.20. The van der Waals surface area contributed by atoms with E-state index >= 15 is 0 Å². The van der Waals surface area contributed by atoms with Crippen molar-refractivity contribution in [3.8, 4) is 0 Å². The molecule has 0 aliphatic carbocycles. The van der Waals surface area contributed by atoms with E-state index in [0.717, 1.165) is 28.8 Å². The van der Waals surface area contributed by atoms with Gasteiger partial charge in [0, 0.05) is 15.8 Å². The summed E-state index contributed by atoms with van der Waals surface area (Å²) in [5, 5.41) is 11.8. The Hall–Kier alpha value is 0.490. The van der Waals surface area contributed by atoms with Gasteiger partial charge >= 0.3 is 0 Å². The van der Waals surface area contributed by atoms with Crippen LogP contribution in [0.3, 0.4) is 0 Å². The Morgan fingerprint density at radius 3 is 3.00 bits per heavy atom. The van der Waals surface area contributed by atoms with Crippen molar-refractivity contribution in [1.29, 1.82) is 0 Å². The second-order valence-electron chi connectivity index (χ2n) is 3.04. The van der Waals surface area contributed by atoms with Gasteiger partial charge in [-0.05, 0) is 45.3 Å². The van der Waals surface area contributed by atoms with Gasteiger partial charge in [-0.15, -0.1) is 11.3 Å². The van der Waals surface area contributed by atoms with Crippen molar-refractivity contribution in [2.24, 2.45) is 0 Å². The molecule has 0 aliphatic heterocycles. The predicted molar refractivity (Wildman–Crippen MR) is 69.3 cm³/mol. The van der Waals surface area contributed by atoms with Gasteiger partial charge in [0.05, 0.1) is 6.10 Å². The third-order valence-electron chi connectivity index (χ3n) is 1.91. The first kappa shape index (κ1) is 12.6. The van der Waals surface area contributed by atoms with E-state index in [1.54, 1.807) is 11.3 Å². The van der Waals surface area contributed by atoms with Crippen LogP contribution >= 0.6 is 39.0 Å². The molecule has 1 aromatic rings. The SMILES string of the molecule is CCSCCC(O)Cc1sccc1Br. The minimum atomic E-state index is -0.191. The van der Waals surface area contributed by atoms with E-state index in [1.807, 2.05) is 23.2 Å². The quantitative estimate of drug-likeness (QED) is 0.810. The smallest absolute Gasteiger partial charge is 0.0596 e. The van der Waals surface area contributed by atoms with Crippen molar-refractivity contribution >= 4 is 39.0 Å². The van der Waals surface area contributed by atoms with Crippen LogP contribution < -0.4 is 0 Å². The molecular weight excluding hydrogens is 280 g/mol. The molecule has 0 amide bonds. The van der Waals surface area contributed by atoms with Crippen LogP contribution in [0, 0.1) is 0 Å². The van der Waals surface area contributed by atoms with Crippen LogP contribution in [0.15, 0.2) is 15.9 Å². The van der Waals surface area contributed by atoms with Gasteiger partial charge < -0.3 is 5.11 Å². The Bertz CT molecular complexity index is 262. The summed E-state index contributed by atoms with van der Waals surface area (Å²) in [5.74, 6) is 2.19. The molecule has 4 heteroatoms. The predicted octanol–water partition coefficient (Wildman–Crippen LogP) is 3.56. The highest BCUT2D eigenvalue weighted by Crippen LogP contribution is 2.24. The largest absolute Gasteiger partial charge is 0.393 e. The first-order chi connectivity index (χ1) is 6.74. The number of halogens is 1. The number of thioether (sulfide) groups is 1. The molecular formula is C10H15BrOS2. The number of aliphatic hydroxyl groups is 1. The van der Waals surface area contributed by atoms with Gasteiger partial charge in [0.1, 0.15) is 0 Å². The lowest BCUT2D eigenvalue weighted by molar-refractivity contribution is 0.173. The Balaban J connectivity index is 2.27. The van der Waals surface area contributed by atoms with Crippen molar-refractivity contribution in [3.05, 3.63) is 20.8 Å². The summed E-state index contributed by atoms with van der Waals surface area (Å²) in [4.78, 5) is 1.25. The minimum Gasteiger partial charge on any atom is -0.393 e. The molecule has 0 bridgehead atoms. The lowest BCUT2D eigenvalue weighted by Gasteiger charge is -2.08. The molecule has 0 saturated carbocycles. The fourth-order valence-corrected chi connectivity index (χ4v) is 3.46. The Labute approximate surface area is 102 Å². The molecule has 0 fully saturated rings. The first-order valence-electron chi connectivity index (χ1n) is 4.71. The van der Waals surface area contributed by atoms with Crippen LogP contribution in [0.5, 0.6) is 0 Å². The summed E-state index contributed by atoms with van der Waals surface area (Å²) >= 11 is 7.06. The molecule has 1 heterocycles. The van der Waals surface area contributed by atoms with E-state index in [1.165, 1.54) is 4.88 Å². The zero-order valence-corrected chi connectivity index (χ0v) is 11.4. The topological polar surface area (TPSA) is 20.2 Å². The second-order valence-corrected chi connectivity index (χ2v) is 6.28. The average Bonchev–Trinajstić information content (AvgIpc) is 2.52. The van der Waals surface area contributed by atoms with Crippen LogP contribution in [0.1, 0.15) is 18.2 Å². The highest BCUT2D eigenvalue weighted by Gasteiger charge is 2.08. The highest BCUT2D eigenvalue weighted by atomic mass is 79.9. The number of aliphatic hydroxyl groups excluding tert-OH is 1. The van der Waals surface area contributed by atoms with E-state index in [-0.39, 0.29) is 6.10 Å². The van der Waals surface area contributed by atoms with Gasteiger partial charge in [-0.1, -0.05) is 6.92 Å². The molecule has 80 valence electrons. The highest BCUT2D eigenvalue weighted by molar-refractivity contribution is 9.10. The van der Waals surface area contributed by atoms with Gasteiger partial charge in [-0.2, -0.15) is 11.8 Å². The van der Waals surface area contributed by atoms with Crippen LogP contribution in [-0.4, -0.2) is 22.7 Å². The van der Waals surface area contributed by atoms with Crippen molar-refractivity contribution in [3.63, 3.8) is 0 Å². The second kappa shape index (κ2) is 6.88. The fourth-order valence-electron chi connectivity index (χ4n) is 1.15. The molecule has 1 aromatic heterocycles. The number of hydrogen-bond donors (Lipinski definition) is 1.